The Hall–Kier alpha value is -3.31. The molecular weight excluding hydrogens is 321 g/mol. The SMILES string of the molecule is O[B]c1cccc(-c2nc(-c3ccccc3)nc(-c3ccccc3)n2)c1. The van der Waals surface area contributed by atoms with Gasteiger partial charge in [-0.2, -0.15) is 0 Å². The normalized spacial score (nSPS) is 10.5. The first kappa shape index (κ1) is 16.2. The van der Waals surface area contributed by atoms with Gasteiger partial charge in [-0.15, -0.1) is 0 Å². The van der Waals surface area contributed by atoms with Crippen molar-refractivity contribution in [2.24, 2.45) is 0 Å². The summed E-state index contributed by atoms with van der Waals surface area (Å²) in [6.45, 7) is 0. The maximum absolute atomic E-state index is 9.30. The van der Waals surface area contributed by atoms with Crippen molar-refractivity contribution in [3.8, 4) is 34.2 Å². The Kier molecular flexibility index (Phi) is 4.54. The van der Waals surface area contributed by atoms with Gasteiger partial charge in [-0.05, 0) is 0 Å². The van der Waals surface area contributed by atoms with Crippen LogP contribution in [0.1, 0.15) is 0 Å². The molecule has 26 heavy (non-hydrogen) atoms. The van der Waals surface area contributed by atoms with E-state index in [4.69, 9.17) is 0 Å². The molecule has 0 aliphatic carbocycles. The van der Waals surface area contributed by atoms with E-state index in [1.165, 1.54) is 0 Å². The minimum atomic E-state index is 0.571. The second kappa shape index (κ2) is 7.29. The Bertz CT molecular complexity index is 966. The number of hydrogen-bond acceptors (Lipinski definition) is 4. The van der Waals surface area contributed by atoms with Gasteiger partial charge in [-0.1, -0.05) is 90.4 Å². The second-order valence-electron chi connectivity index (χ2n) is 5.79. The van der Waals surface area contributed by atoms with E-state index in [9.17, 15) is 5.02 Å². The number of aromatic nitrogens is 3. The van der Waals surface area contributed by atoms with Crippen LogP contribution in [0.15, 0.2) is 84.9 Å². The minimum Gasteiger partial charge on any atom is -0.450 e. The molecule has 3 aromatic carbocycles. The topological polar surface area (TPSA) is 58.9 Å². The van der Waals surface area contributed by atoms with E-state index >= 15 is 0 Å². The molecule has 123 valence electrons. The van der Waals surface area contributed by atoms with Crippen molar-refractivity contribution in [1.82, 2.24) is 15.0 Å². The zero-order valence-corrected chi connectivity index (χ0v) is 13.9. The van der Waals surface area contributed by atoms with Crippen molar-refractivity contribution in [1.29, 1.82) is 0 Å². The van der Waals surface area contributed by atoms with E-state index in [1.807, 2.05) is 84.9 Å². The van der Waals surface area contributed by atoms with Gasteiger partial charge in [-0.3, -0.25) is 0 Å². The predicted molar refractivity (Wildman–Crippen MR) is 104 cm³/mol. The van der Waals surface area contributed by atoms with Crippen LogP contribution >= 0.6 is 0 Å². The number of hydrogen-bond donors (Lipinski definition) is 1. The van der Waals surface area contributed by atoms with Crippen molar-refractivity contribution in [3.05, 3.63) is 84.9 Å². The lowest BCUT2D eigenvalue weighted by Crippen LogP contribution is -2.13. The zero-order chi connectivity index (χ0) is 17.8. The molecule has 0 amide bonds. The van der Waals surface area contributed by atoms with Crippen molar-refractivity contribution in [3.63, 3.8) is 0 Å². The van der Waals surface area contributed by atoms with Crippen LogP contribution in [0.25, 0.3) is 34.2 Å². The molecular formula is C21H15BN3O. The van der Waals surface area contributed by atoms with Crippen LogP contribution in [-0.2, 0) is 0 Å². The first-order valence-electron chi connectivity index (χ1n) is 8.28. The molecule has 0 bridgehead atoms. The molecule has 0 saturated heterocycles. The molecule has 4 nitrogen and oxygen atoms in total. The van der Waals surface area contributed by atoms with E-state index in [1.54, 1.807) is 0 Å². The summed E-state index contributed by atoms with van der Waals surface area (Å²) < 4.78 is 0. The first-order valence-corrected chi connectivity index (χ1v) is 8.28. The molecule has 0 aliphatic rings. The molecule has 0 saturated carbocycles. The van der Waals surface area contributed by atoms with E-state index in [0.29, 0.717) is 22.9 Å². The molecule has 1 radical (unpaired) electrons. The van der Waals surface area contributed by atoms with Gasteiger partial charge in [0.05, 0.1) is 0 Å². The van der Waals surface area contributed by atoms with E-state index in [-0.39, 0.29) is 0 Å². The number of benzene rings is 3. The van der Waals surface area contributed by atoms with Gasteiger partial charge in [0.2, 0.25) is 0 Å². The largest absolute Gasteiger partial charge is 0.450 e. The van der Waals surface area contributed by atoms with Crippen LogP contribution in [-0.4, -0.2) is 27.5 Å². The molecule has 0 atom stereocenters. The summed E-state index contributed by atoms with van der Waals surface area (Å²) in [6.07, 6.45) is 0. The third-order valence-electron chi connectivity index (χ3n) is 3.99. The highest BCUT2D eigenvalue weighted by Crippen LogP contribution is 2.23. The molecule has 0 unspecified atom stereocenters. The number of rotatable bonds is 4. The maximum atomic E-state index is 9.30. The van der Waals surface area contributed by atoms with Crippen LogP contribution in [0.5, 0.6) is 0 Å². The monoisotopic (exact) mass is 336 g/mol. The average molecular weight is 336 g/mol. The van der Waals surface area contributed by atoms with Crippen LogP contribution in [0.2, 0.25) is 0 Å². The molecule has 1 aromatic heterocycles. The lowest BCUT2D eigenvalue weighted by Gasteiger charge is -2.08. The predicted octanol–water partition coefficient (Wildman–Crippen LogP) is 3.11. The average Bonchev–Trinajstić information content (AvgIpc) is 2.75. The fraction of sp³-hybridized carbons (Fsp3) is 0. The lowest BCUT2D eigenvalue weighted by atomic mass is 9.87. The summed E-state index contributed by atoms with van der Waals surface area (Å²) in [5, 5.41) is 9.30. The maximum Gasteiger partial charge on any atom is 0.326 e. The van der Waals surface area contributed by atoms with Crippen molar-refractivity contribution >= 4 is 12.9 Å². The minimum absolute atomic E-state index is 0.571. The molecule has 4 aromatic rings. The van der Waals surface area contributed by atoms with Crippen molar-refractivity contribution < 1.29 is 5.02 Å². The van der Waals surface area contributed by atoms with Gasteiger partial charge in [0.15, 0.2) is 17.5 Å². The Morgan fingerprint density at radius 3 is 1.50 bits per heavy atom. The summed E-state index contributed by atoms with van der Waals surface area (Å²) in [5.41, 5.74) is 3.38. The molecule has 1 N–H and O–H groups in total. The highest BCUT2D eigenvalue weighted by Gasteiger charge is 2.12. The van der Waals surface area contributed by atoms with Gasteiger partial charge in [0.25, 0.3) is 0 Å². The van der Waals surface area contributed by atoms with Crippen molar-refractivity contribution in [2.45, 2.75) is 0 Å². The fourth-order valence-corrected chi connectivity index (χ4v) is 2.70. The first-order chi connectivity index (χ1) is 12.8. The summed E-state index contributed by atoms with van der Waals surface area (Å²) in [6, 6.07) is 27.1. The summed E-state index contributed by atoms with van der Waals surface area (Å²) >= 11 is 0. The number of nitrogens with zero attached hydrogens (tertiary/aromatic N) is 3. The summed E-state index contributed by atoms with van der Waals surface area (Å²) in [5.74, 6) is 1.81. The molecule has 0 fully saturated rings. The Labute approximate surface area is 152 Å². The Morgan fingerprint density at radius 2 is 1.00 bits per heavy atom. The van der Waals surface area contributed by atoms with Crippen molar-refractivity contribution in [2.75, 3.05) is 0 Å². The molecule has 4 rings (SSSR count). The van der Waals surface area contributed by atoms with E-state index in [0.717, 1.165) is 24.2 Å². The van der Waals surface area contributed by atoms with Crippen LogP contribution in [0, 0.1) is 0 Å². The van der Waals surface area contributed by atoms with Gasteiger partial charge >= 0.3 is 7.48 Å². The molecule has 5 heteroatoms. The zero-order valence-electron chi connectivity index (χ0n) is 13.9. The summed E-state index contributed by atoms with van der Waals surface area (Å²) in [4.78, 5) is 14.0. The molecule has 1 heterocycles. The van der Waals surface area contributed by atoms with Crippen LogP contribution in [0.4, 0.5) is 0 Å². The lowest BCUT2D eigenvalue weighted by molar-refractivity contribution is 0.615. The van der Waals surface area contributed by atoms with Gasteiger partial charge < -0.3 is 5.02 Å². The second-order valence-corrected chi connectivity index (χ2v) is 5.79. The Morgan fingerprint density at radius 1 is 0.538 bits per heavy atom. The smallest absolute Gasteiger partial charge is 0.326 e. The molecule has 0 spiro atoms. The molecule has 0 aliphatic heterocycles. The van der Waals surface area contributed by atoms with Crippen LogP contribution < -0.4 is 5.46 Å². The van der Waals surface area contributed by atoms with Gasteiger partial charge in [0.1, 0.15) is 0 Å². The fourth-order valence-electron chi connectivity index (χ4n) is 2.70. The third-order valence-corrected chi connectivity index (χ3v) is 3.99. The van der Waals surface area contributed by atoms with E-state index in [2.05, 4.69) is 15.0 Å². The quantitative estimate of drug-likeness (QED) is 0.582. The third kappa shape index (κ3) is 3.39. The van der Waals surface area contributed by atoms with E-state index < -0.39 is 0 Å². The van der Waals surface area contributed by atoms with Crippen LogP contribution in [0.3, 0.4) is 0 Å². The van der Waals surface area contributed by atoms with Gasteiger partial charge in [-0.25, -0.2) is 15.0 Å². The highest BCUT2D eigenvalue weighted by atomic mass is 16.2. The standard InChI is InChI=1S/C21H15BN3O/c26-22-18-13-7-12-17(14-18)21-24-19(15-8-3-1-4-9-15)23-20(25-21)16-10-5-2-6-11-16/h1-14,26H. The Balaban J connectivity index is 1.90. The van der Waals surface area contributed by atoms with Gasteiger partial charge in [0, 0.05) is 16.7 Å². The highest BCUT2D eigenvalue weighted by molar-refractivity contribution is 6.45. The summed E-state index contributed by atoms with van der Waals surface area (Å²) in [7, 11) is 1.07.